The number of imidazole rings is 1. The van der Waals surface area contributed by atoms with Gasteiger partial charge in [0.15, 0.2) is 0 Å². The number of ether oxygens (including phenoxy) is 1. The lowest BCUT2D eigenvalue weighted by Crippen LogP contribution is -2.52. The van der Waals surface area contributed by atoms with E-state index < -0.39 is 0 Å². The molecule has 3 aliphatic heterocycles. The molecule has 39 heavy (non-hydrogen) atoms. The Kier molecular flexibility index (Phi) is 8.58. The number of β-amino-alcohol motifs (C(OH)–C–C–N with tert-alkyl or cyclic N) is 1. The molecule has 0 spiro atoms. The molecule has 2 bridgehead atoms. The first-order chi connectivity index (χ1) is 18.9. The molecule has 0 aliphatic carbocycles. The van der Waals surface area contributed by atoms with Gasteiger partial charge in [-0.3, -0.25) is 14.4 Å². The summed E-state index contributed by atoms with van der Waals surface area (Å²) >= 11 is 0. The average Bonchev–Trinajstić information content (AvgIpc) is 3.35. The van der Waals surface area contributed by atoms with E-state index in [0.717, 1.165) is 57.3 Å². The molecule has 0 saturated carbocycles. The van der Waals surface area contributed by atoms with Crippen molar-refractivity contribution in [1.29, 1.82) is 0 Å². The number of benzene rings is 1. The number of nitrogens with one attached hydrogen (secondary N) is 1. The van der Waals surface area contributed by atoms with E-state index in [9.17, 15) is 14.4 Å². The summed E-state index contributed by atoms with van der Waals surface area (Å²) in [7, 11) is 0. The summed E-state index contributed by atoms with van der Waals surface area (Å²) in [4.78, 5) is 45.3. The van der Waals surface area contributed by atoms with Crippen LogP contribution in [0.25, 0.3) is 11.0 Å². The van der Waals surface area contributed by atoms with Crippen molar-refractivity contribution in [3.63, 3.8) is 0 Å². The van der Waals surface area contributed by atoms with Crippen molar-refractivity contribution >= 4 is 23.2 Å². The van der Waals surface area contributed by atoms with Crippen LogP contribution in [-0.4, -0.2) is 112 Å². The van der Waals surface area contributed by atoms with Crippen LogP contribution < -0.4 is 11.0 Å². The molecule has 214 valence electrons. The summed E-state index contributed by atoms with van der Waals surface area (Å²) in [5.74, 6) is 0. The van der Waals surface area contributed by atoms with E-state index in [2.05, 4.69) is 15.1 Å². The fourth-order valence-electron chi connectivity index (χ4n) is 6.66. The van der Waals surface area contributed by atoms with Gasteiger partial charge in [0.05, 0.1) is 24.2 Å². The van der Waals surface area contributed by atoms with Crippen molar-refractivity contribution < 1.29 is 19.4 Å². The molecular weight excluding hydrogens is 500 g/mol. The molecule has 3 aliphatic rings. The number of piperazine rings is 1. The van der Waals surface area contributed by atoms with Crippen molar-refractivity contribution in [2.75, 3.05) is 52.5 Å². The molecule has 2 N–H and O–H groups in total. The van der Waals surface area contributed by atoms with Crippen LogP contribution in [0, 0.1) is 0 Å². The highest BCUT2D eigenvalue weighted by Crippen LogP contribution is 2.35. The highest BCUT2D eigenvalue weighted by molar-refractivity contribution is 5.89. The van der Waals surface area contributed by atoms with E-state index in [1.807, 2.05) is 38.1 Å². The highest BCUT2D eigenvalue weighted by atomic mass is 16.6. The van der Waals surface area contributed by atoms with Gasteiger partial charge in [0, 0.05) is 63.4 Å². The van der Waals surface area contributed by atoms with Crippen LogP contribution in [-0.2, 0) is 4.74 Å². The number of rotatable bonds is 8. The predicted molar refractivity (Wildman–Crippen MR) is 148 cm³/mol. The third-order valence-electron chi connectivity index (χ3n) is 8.54. The van der Waals surface area contributed by atoms with Gasteiger partial charge in [0.25, 0.3) is 0 Å². The van der Waals surface area contributed by atoms with Crippen molar-refractivity contribution in [3.8, 4) is 0 Å². The van der Waals surface area contributed by atoms with Gasteiger partial charge in [0.2, 0.25) is 0 Å². The van der Waals surface area contributed by atoms with E-state index in [-0.39, 0.29) is 36.5 Å². The minimum absolute atomic E-state index is 0.0293. The van der Waals surface area contributed by atoms with Gasteiger partial charge in [-0.15, -0.1) is 0 Å². The topological polar surface area (TPSA) is 112 Å². The molecule has 3 atom stereocenters. The lowest BCUT2D eigenvalue weighted by molar-refractivity contribution is 0.0638. The number of carbonyl (C=O) groups is 2. The summed E-state index contributed by atoms with van der Waals surface area (Å²) in [6.45, 7) is 8.74. The molecule has 1 aromatic heterocycles. The molecule has 1 unspecified atom stereocenters. The fourth-order valence-corrected chi connectivity index (χ4v) is 6.66. The van der Waals surface area contributed by atoms with Gasteiger partial charge in [-0.05, 0) is 58.1 Å². The first-order valence-corrected chi connectivity index (χ1v) is 14.4. The zero-order valence-corrected chi connectivity index (χ0v) is 23.1. The standard InChI is InChI=1S/C28H42N6O5/c1-20(2)33-24-6-3-4-7-25(24)34(27(33)37)26(36)29-21-18-22-8-9-23(19-21)32(22)10-5-17-39-28(38)31-13-11-30(12-14-31)15-16-35/h3-4,6-7,20-23,35H,5,8-19H2,1-2H3,(H,29,36)/t21-,22-,23?/m0/s1. The number of para-hydroxylation sites is 2. The van der Waals surface area contributed by atoms with Crippen molar-refractivity contribution in [2.45, 2.75) is 70.1 Å². The smallest absolute Gasteiger partial charge is 0.409 e. The summed E-state index contributed by atoms with van der Waals surface area (Å²) in [5.41, 5.74) is 1.11. The Morgan fingerprint density at radius 2 is 1.69 bits per heavy atom. The van der Waals surface area contributed by atoms with Crippen LogP contribution in [0.3, 0.4) is 0 Å². The molecule has 0 radical (unpaired) electrons. The van der Waals surface area contributed by atoms with E-state index in [4.69, 9.17) is 9.84 Å². The third-order valence-corrected chi connectivity index (χ3v) is 8.54. The Labute approximate surface area is 229 Å². The molecular formula is C28H42N6O5. The molecule has 2 amide bonds. The molecule has 3 saturated heterocycles. The van der Waals surface area contributed by atoms with Gasteiger partial charge in [-0.2, -0.15) is 0 Å². The summed E-state index contributed by atoms with van der Waals surface area (Å²) in [6, 6.07) is 7.86. The maximum Gasteiger partial charge on any atom is 0.409 e. The number of carbonyl (C=O) groups excluding carboxylic acids is 2. The molecule has 5 rings (SSSR count). The summed E-state index contributed by atoms with van der Waals surface area (Å²) in [5, 5.41) is 12.2. The Hall–Kier alpha value is -2.89. The lowest BCUT2D eigenvalue weighted by Gasteiger charge is -2.39. The summed E-state index contributed by atoms with van der Waals surface area (Å²) < 4.78 is 8.50. The second-order valence-electron chi connectivity index (χ2n) is 11.3. The van der Waals surface area contributed by atoms with E-state index >= 15 is 0 Å². The number of hydrogen-bond donors (Lipinski definition) is 2. The lowest BCUT2D eigenvalue weighted by atomic mass is 9.97. The van der Waals surface area contributed by atoms with Crippen LogP contribution in [0.2, 0.25) is 0 Å². The average molecular weight is 543 g/mol. The molecule has 1 aromatic carbocycles. The van der Waals surface area contributed by atoms with Gasteiger partial charge in [-0.25, -0.2) is 19.0 Å². The normalized spacial score (nSPS) is 24.0. The Morgan fingerprint density at radius 1 is 1.03 bits per heavy atom. The first kappa shape index (κ1) is 27.7. The number of aliphatic hydroxyl groups is 1. The van der Waals surface area contributed by atoms with E-state index in [0.29, 0.717) is 43.8 Å². The van der Waals surface area contributed by atoms with Crippen molar-refractivity contribution in [1.82, 2.24) is 29.2 Å². The van der Waals surface area contributed by atoms with Crippen LogP contribution in [0.5, 0.6) is 0 Å². The minimum atomic E-state index is -0.349. The van der Waals surface area contributed by atoms with Gasteiger partial charge in [0.1, 0.15) is 0 Å². The number of amides is 2. The zero-order chi connectivity index (χ0) is 27.5. The third kappa shape index (κ3) is 5.85. The molecule has 11 nitrogen and oxygen atoms in total. The van der Waals surface area contributed by atoms with Crippen molar-refractivity contribution in [3.05, 3.63) is 34.7 Å². The second-order valence-corrected chi connectivity index (χ2v) is 11.3. The number of hydrogen-bond acceptors (Lipinski definition) is 7. The van der Waals surface area contributed by atoms with Gasteiger partial charge >= 0.3 is 17.8 Å². The Morgan fingerprint density at radius 3 is 2.33 bits per heavy atom. The van der Waals surface area contributed by atoms with E-state index in [1.165, 1.54) is 4.57 Å². The Balaban J connectivity index is 1.10. The summed E-state index contributed by atoms with van der Waals surface area (Å²) in [6.07, 6.45) is 4.44. The minimum Gasteiger partial charge on any atom is -0.449 e. The maximum atomic E-state index is 13.3. The van der Waals surface area contributed by atoms with Crippen LogP contribution in [0.4, 0.5) is 9.59 Å². The van der Waals surface area contributed by atoms with Crippen LogP contribution in [0.15, 0.2) is 29.1 Å². The monoisotopic (exact) mass is 542 g/mol. The molecule has 3 fully saturated rings. The van der Waals surface area contributed by atoms with Gasteiger partial charge in [-0.1, -0.05) is 12.1 Å². The van der Waals surface area contributed by atoms with Crippen LogP contribution in [0.1, 0.15) is 52.0 Å². The van der Waals surface area contributed by atoms with Gasteiger partial charge < -0.3 is 20.1 Å². The fraction of sp³-hybridized carbons (Fsp3) is 0.679. The zero-order valence-electron chi connectivity index (χ0n) is 23.1. The maximum absolute atomic E-state index is 13.3. The number of fused-ring (bicyclic) bond motifs is 3. The molecule has 11 heteroatoms. The highest BCUT2D eigenvalue weighted by Gasteiger charge is 2.41. The SMILES string of the molecule is CC(C)n1c(=O)n(C(=O)N[C@@H]2CC3CC[C@@H](C2)N3CCCOC(=O)N2CCN(CCO)CC2)c2ccccc21. The quantitative estimate of drug-likeness (QED) is 0.491. The number of piperidine rings is 1. The number of aliphatic hydroxyl groups excluding tert-OH is 1. The number of nitrogens with zero attached hydrogens (tertiary/aromatic N) is 5. The second kappa shape index (κ2) is 12.1. The molecule has 4 heterocycles. The predicted octanol–water partition coefficient (Wildman–Crippen LogP) is 2.07. The first-order valence-electron chi connectivity index (χ1n) is 14.4. The van der Waals surface area contributed by atoms with Crippen LogP contribution >= 0.6 is 0 Å². The molecule has 2 aromatic rings. The van der Waals surface area contributed by atoms with Crippen molar-refractivity contribution in [2.24, 2.45) is 0 Å². The Bertz CT molecular complexity index is 1200. The largest absolute Gasteiger partial charge is 0.449 e. The van der Waals surface area contributed by atoms with E-state index in [1.54, 1.807) is 9.47 Å². The number of aromatic nitrogens is 2.